The van der Waals surface area contributed by atoms with Gasteiger partial charge in [0.1, 0.15) is 35.9 Å². The van der Waals surface area contributed by atoms with Crippen molar-refractivity contribution in [2.45, 2.75) is 44.0 Å². The molecule has 0 aliphatic carbocycles. The fraction of sp³-hybridized carbons (Fsp3) is 0.400. The predicted molar refractivity (Wildman–Crippen MR) is 112 cm³/mol. The summed E-state index contributed by atoms with van der Waals surface area (Å²) in [4.78, 5) is 8.48. The highest BCUT2D eigenvalue weighted by Crippen LogP contribution is 2.43. The average Bonchev–Trinajstić information content (AvgIpc) is 3.24. The Balaban J connectivity index is 1.69. The first-order valence-corrected chi connectivity index (χ1v) is 9.87. The quantitative estimate of drug-likeness (QED) is 0.385. The topological polar surface area (TPSA) is 125 Å². The first kappa shape index (κ1) is 21.0. The van der Waals surface area contributed by atoms with Gasteiger partial charge in [0.15, 0.2) is 12.0 Å². The summed E-state index contributed by atoms with van der Waals surface area (Å²) in [6, 6.07) is 6.87. The number of hydrazine groups is 1. The second kappa shape index (κ2) is 7.77. The fourth-order valence-corrected chi connectivity index (χ4v) is 3.97. The van der Waals surface area contributed by atoms with Crippen molar-refractivity contribution in [1.82, 2.24) is 20.0 Å². The smallest absolute Gasteiger partial charge is 0.164 e. The molecule has 9 nitrogen and oxygen atoms in total. The first-order valence-electron chi connectivity index (χ1n) is 9.50. The van der Waals surface area contributed by atoms with Gasteiger partial charge in [0.2, 0.25) is 0 Å². The molecular formula is C20H24ClN5O4. The lowest BCUT2D eigenvalue weighted by molar-refractivity contribution is -0.115. The number of aryl methyl sites for hydroxylation is 1. The number of benzene rings is 1. The SMILES string of the molecule is CNNc1ncnc2c1ccn2[C@@H]1O[C@H]([C@H](O)c2ccc(Cl)c(C)c2)[C@@](C)(O)[C@H]1O. The number of aliphatic hydroxyl groups excluding tert-OH is 2. The zero-order valence-corrected chi connectivity index (χ0v) is 17.5. The van der Waals surface area contributed by atoms with Gasteiger partial charge in [0, 0.05) is 18.3 Å². The van der Waals surface area contributed by atoms with Gasteiger partial charge in [-0.25, -0.2) is 15.4 Å². The zero-order chi connectivity index (χ0) is 21.6. The second-order valence-electron chi connectivity index (χ2n) is 7.63. The normalized spacial score (nSPS) is 27.5. The Morgan fingerprint density at radius 2 is 2.07 bits per heavy atom. The number of rotatable bonds is 5. The highest BCUT2D eigenvalue weighted by atomic mass is 35.5. The van der Waals surface area contributed by atoms with E-state index < -0.39 is 30.1 Å². The molecule has 0 radical (unpaired) electrons. The molecular weight excluding hydrogens is 410 g/mol. The summed E-state index contributed by atoms with van der Waals surface area (Å²) in [5.41, 5.74) is 5.86. The van der Waals surface area contributed by atoms with E-state index in [9.17, 15) is 15.3 Å². The van der Waals surface area contributed by atoms with Gasteiger partial charge in [-0.05, 0) is 37.1 Å². The molecule has 3 aromatic rings. The van der Waals surface area contributed by atoms with Gasteiger partial charge in [-0.1, -0.05) is 23.7 Å². The van der Waals surface area contributed by atoms with E-state index in [-0.39, 0.29) is 0 Å². The van der Waals surface area contributed by atoms with Gasteiger partial charge < -0.3 is 30.0 Å². The lowest BCUT2D eigenvalue weighted by Gasteiger charge is -2.30. The Morgan fingerprint density at radius 3 is 2.77 bits per heavy atom. The second-order valence-corrected chi connectivity index (χ2v) is 8.04. The van der Waals surface area contributed by atoms with Crippen molar-refractivity contribution in [3.05, 3.63) is 52.9 Å². The number of nitrogens with one attached hydrogen (secondary N) is 2. The molecule has 5 atom stereocenters. The van der Waals surface area contributed by atoms with E-state index in [4.69, 9.17) is 16.3 Å². The molecule has 4 rings (SSSR count). The molecule has 0 amide bonds. The lowest BCUT2D eigenvalue weighted by Crippen LogP contribution is -2.47. The molecule has 0 saturated carbocycles. The molecule has 160 valence electrons. The minimum absolute atomic E-state index is 0.514. The van der Waals surface area contributed by atoms with Crippen LogP contribution < -0.4 is 10.9 Å². The van der Waals surface area contributed by atoms with E-state index in [1.807, 2.05) is 6.92 Å². The van der Waals surface area contributed by atoms with Gasteiger partial charge in [-0.15, -0.1) is 0 Å². The molecule has 2 aromatic heterocycles. The molecule has 1 aliphatic rings. The third-order valence-electron chi connectivity index (χ3n) is 5.57. The molecule has 5 N–H and O–H groups in total. The minimum Gasteiger partial charge on any atom is -0.386 e. The predicted octanol–water partition coefficient (Wildman–Crippen LogP) is 1.68. The van der Waals surface area contributed by atoms with Crippen molar-refractivity contribution < 1.29 is 20.1 Å². The Hall–Kier alpha value is -2.27. The first-order chi connectivity index (χ1) is 14.3. The Kier molecular flexibility index (Phi) is 5.43. The number of aliphatic hydroxyl groups is 3. The van der Waals surface area contributed by atoms with Crippen LogP contribution in [0.3, 0.4) is 0 Å². The van der Waals surface area contributed by atoms with Crippen LogP contribution >= 0.6 is 11.6 Å². The summed E-state index contributed by atoms with van der Waals surface area (Å²) in [6.45, 7) is 3.27. The van der Waals surface area contributed by atoms with Gasteiger partial charge in [0.25, 0.3) is 0 Å². The summed E-state index contributed by atoms with van der Waals surface area (Å²) in [5.74, 6) is 0.564. The Labute approximate surface area is 178 Å². The van der Waals surface area contributed by atoms with Crippen LogP contribution in [-0.2, 0) is 4.74 Å². The maximum atomic E-state index is 11.0. The average molecular weight is 434 g/mol. The number of hydrogen-bond acceptors (Lipinski definition) is 8. The van der Waals surface area contributed by atoms with Crippen LogP contribution in [0.5, 0.6) is 0 Å². The third kappa shape index (κ3) is 3.33. The van der Waals surface area contributed by atoms with Crippen LogP contribution in [0.2, 0.25) is 5.02 Å². The molecule has 3 heterocycles. The molecule has 10 heteroatoms. The number of anilines is 1. The van der Waals surface area contributed by atoms with Gasteiger partial charge in [-0.3, -0.25) is 0 Å². The number of fused-ring (bicyclic) bond motifs is 1. The minimum atomic E-state index is -1.71. The molecule has 1 aromatic carbocycles. The molecule has 1 saturated heterocycles. The summed E-state index contributed by atoms with van der Waals surface area (Å²) in [7, 11) is 1.72. The summed E-state index contributed by atoms with van der Waals surface area (Å²) < 4.78 is 7.63. The van der Waals surface area contributed by atoms with Crippen LogP contribution in [0.1, 0.15) is 30.4 Å². The van der Waals surface area contributed by atoms with Crippen LogP contribution in [0.15, 0.2) is 36.8 Å². The van der Waals surface area contributed by atoms with Crippen molar-refractivity contribution >= 4 is 28.5 Å². The molecule has 1 fully saturated rings. The van der Waals surface area contributed by atoms with Crippen molar-refractivity contribution in [1.29, 1.82) is 0 Å². The van der Waals surface area contributed by atoms with E-state index in [0.29, 0.717) is 27.4 Å². The Morgan fingerprint density at radius 1 is 1.30 bits per heavy atom. The Bertz CT molecular complexity index is 1070. The van der Waals surface area contributed by atoms with E-state index in [1.54, 1.807) is 42.1 Å². The number of aromatic nitrogens is 3. The summed E-state index contributed by atoms with van der Waals surface area (Å²) in [6.07, 6.45) is -1.42. The monoisotopic (exact) mass is 433 g/mol. The number of ether oxygens (including phenoxy) is 1. The molecule has 0 spiro atoms. The van der Waals surface area contributed by atoms with Crippen molar-refractivity contribution in [2.75, 3.05) is 12.5 Å². The molecule has 1 aliphatic heterocycles. The molecule has 30 heavy (non-hydrogen) atoms. The maximum absolute atomic E-state index is 11.0. The number of nitrogens with zero attached hydrogens (tertiary/aromatic N) is 3. The van der Waals surface area contributed by atoms with E-state index in [1.165, 1.54) is 13.3 Å². The van der Waals surface area contributed by atoms with Gasteiger partial charge in [0.05, 0.1) is 5.39 Å². The van der Waals surface area contributed by atoms with E-state index in [2.05, 4.69) is 20.8 Å². The highest BCUT2D eigenvalue weighted by Gasteiger charge is 2.55. The fourth-order valence-electron chi connectivity index (χ4n) is 3.85. The summed E-state index contributed by atoms with van der Waals surface area (Å²) >= 11 is 6.08. The van der Waals surface area contributed by atoms with Crippen LogP contribution in [0, 0.1) is 6.92 Å². The third-order valence-corrected chi connectivity index (χ3v) is 5.99. The molecule has 0 bridgehead atoms. The van der Waals surface area contributed by atoms with Crippen molar-refractivity contribution in [3.63, 3.8) is 0 Å². The van der Waals surface area contributed by atoms with E-state index >= 15 is 0 Å². The van der Waals surface area contributed by atoms with Gasteiger partial charge in [-0.2, -0.15) is 0 Å². The maximum Gasteiger partial charge on any atom is 0.164 e. The van der Waals surface area contributed by atoms with Crippen LogP contribution in [-0.4, -0.2) is 54.7 Å². The highest BCUT2D eigenvalue weighted by molar-refractivity contribution is 6.31. The van der Waals surface area contributed by atoms with E-state index in [0.717, 1.165) is 5.56 Å². The zero-order valence-electron chi connectivity index (χ0n) is 16.7. The molecule has 0 unspecified atom stereocenters. The standard InChI is InChI=1S/C20H24ClN5O4/c1-10-8-11(4-5-13(10)21)14(27)16-20(2,29)15(28)19(30-16)26-7-6-12-17(25-22-3)23-9-24-18(12)26/h4-9,14-16,19,22,27-29H,1-3H3,(H,23,24,25)/t14-,15+,16-,19-,20+/m1/s1. The number of halogens is 1. The largest absolute Gasteiger partial charge is 0.386 e. The van der Waals surface area contributed by atoms with Crippen molar-refractivity contribution in [2.24, 2.45) is 0 Å². The van der Waals surface area contributed by atoms with Crippen molar-refractivity contribution in [3.8, 4) is 0 Å². The summed E-state index contributed by atoms with van der Waals surface area (Å²) in [5, 5.41) is 34.1. The number of hydrogen-bond donors (Lipinski definition) is 5. The lowest BCUT2D eigenvalue weighted by atomic mass is 9.88. The van der Waals surface area contributed by atoms with Gasteiger partial charge >= 0.3 is 0 Å². The van der Waals surface area contributed by atoms with Crippen LogP contribution in [0.4, 0.5) is 5.82 Å². The van der Waals surface area contributed by atoms with Crippen LogP contribution in [0.25, 0.3) is 11.0 Å².